The van der Waals surface area contributed by atoms with Crippen molar-refractivity contribution in [3.8, 4) is 0 Å². The lowest BCUT2D eigenvalue weighted by molar-refractivity contribution is -0.385. The molecule has 7 nitrogen and oxygen atoms in total. The lowest BCUT2D eigenvalue weighted by atomic mass is 10.1. The van der Waals surface area contributed by atoms with Gasteiger partial charge in [-0.2, -0.15) is 0 Å². The molecule has 20 heavy (non-hydrogen) atoms. The van der Waals surface area contributed by atoms with Crippen LogP contribution in [-0.2, 0) is 0 Å². The van der Waals surface area contributed by atoms with Crippen molar-refractivity contribution >= 4 is 17.5 Å². The van der Waals surface area contributed by atoms with E-state index in [0.717, 1.165) is 25.1 Å². The maximum atomic E-state index is 11.1. The predicted molar refractivity (Wildman–Crippen MR) is 72.8 cm³/mol. The zero-order chi connectivity index (χ0) is 14.7. The number of carboxylic acids is 1. The summed E-state index contributed by atoms with van der Waals surface area (Å²) in [4.78, 5) is 25.0. The number of carbonyl (C=O) groups is 1. The fourth-order valence-electron chi connectivity index (χ4n) is 2.61. The number of nitrogens with zero attached hydrogens (tertiary/aromatic N) is 2. The first-order valence-corrected chi connectivity index (χ1v) is 6.59. The van der Waals surface area contributed by atoms with E-state index in [1.807, 2.05) is 0 Å². The lowest BCUT2D eigenvalue weighted by Gasteiger charge is -2.13. The fourth-order valence-corrected chi connectivity index (χ4v) is 2.61. The normalized spacial score (nSPS) is 21.6. The van der Waals surface area contributed by atoms with E-state index >= 15 is 0 Å². The summed E-state index contributed by atoms with van der Waals surface area (Å²) in [5.74, 6) is 0.181. The predicted octanol–water partition coefficient (Wildman–Crippen LogP) is 2.54. The molecule has 108 valence electrons. The molecule has 0 radical (unpaired) electrons. The molecule has 1 aromatic heterocycles. The van der Waals surface area contributed by atoms with Crippen molar-refractivity contribution < 1.29 is 14.8 Å². The van der Waals surface area contributed by atoms with E-state index in [2.05, 4.69) is 17.2 Å². The Morgan fingerprint density at radius 3 is 2.90 bits per heavy atom. The average Bonchev–Trinajstić information content (AvgIpc) is 2.81. The van der Waals surface area contributed by atoms with Crippen LogP contribution < -0.4 is 5.32 Å². The highest BCUT2D eigenvalue weighted by Crippen LogP contribution is 2.30. The Hall–Kier alpha value is -2.18. The molecule has 1 aliphatic carbocycles. The van der Waals surface area contributed by atoms with Gasteiger partial charge in [0.1, 0.15) is 17.6 Å². The van der Waals surface area contributed by atoms with Crippen LogP contribution in [-0.4, -0.2) is 27.5 Å². The van der Waals surface area contributed by atoms with Crippen molar-refractivity contribution in [2.75, 3.05) is 11.9 Å². The minimum absolute atomic E-state index is 0.162. The zero-order valence-electron chi connectivity index (χ0n) is 11.2. The number of aromatic carboxylic acids is 1. The van der Waals surface area contributed by atoms with E-state index in [1.54, 1.807) is 0 Å². The third-order valence-electron chi connectivity index (χ3n) is 3.68. The topological polar surface area (TPSA) is 105 Å². The van der Waals surface area contributed by atoms with Gasteiger partial charge in [-0.1, -0.05) is 13.3 Å². The number of hydrogen-bond acceptors (Lipinski definition) is 5. The van der Waals surface area contributed by atoms with Crippen LogP contribution in [0.4, 0.5) is 11.5 Å². The zero-order valence-corrected chi connectivity index (χ0v) is 11.2. The van der Waals surface area contributed by atoms with E-state index < -0.39 is 10.9 Å². The minimum atomic E-state index is -1.22. The third-order valence-corrected chi connectivity index (χ3v) is 3.68. The molecule has 0 spiro atoms. The molecular formula is C13H17N3O4. The highest BCUT2D eigenvalue weighted by Gasteiger charge is 2.22. The smallest absolute Gasteiger partial charge is 0.339 e. The summed E-state index contributed by atoms with van der Waals surface area (Å²) < 4.78 is 0. The highest BCUT2D eigenvalue weighted by atomic mass is 16.6. The van der Waals surface area contributed by atoms with Crippen LogP contribution in [0.2, 0.25) is 0 Å². The van der Waals surface area contributed by atoms with Gasteiger partial charge in [0.2, 0.25) is 0 Å². The number of nitrogens with one attached hydrogen (secondary N) is 1. The molecule has 2 rings (SSSR count). The summed E-state index contributed by atoms with van der Waals surface area (Å²) in [5.41, 5.74) is -0.479. The molecule has 1 fully saturated rings. The van der Waals surface area contributed by atoms with Gasteiger partial charge >= 0.3 is 5.97 Å². The summed E-state index contributed by atoms with van der Waals surface area (Å²) in [5, 5.41) is 22.8. The van der Waals surface area contributed by atoms with Gasteiger partial charge in [0.15, 0.2) is 0 Å². The van der Waals surface area contributed by atoms with E-state index in [9.17, 15) is 14.9 Å². The van der Waals surface area contributed by atoms with E-state index in [1.165, 1.54) is 6.42 Å². The van der Waals surface area contributed by atoms with Crippen LogP contribution >= 0.6 is 0 Å². The Morgan fingerprint density at radius 2 is 2.35 bits per heavy atom. The van der Waals surface area contributed by atoms with E-state index in [4.69, 9.17) is 5.11 Å². The quantitative estimate of drug-likeness (QED) is 0.633. The van der Waals surface area contributed by atoms with Crippen molar-refractivity contribution in [1.29, 1.82) is 0 Å². The summed E-state index contributed by atoms with van der Waals surface area (Å²) in [7, 11) is 0. The number of anilines is 1. The van der Waals surface area contributed by atoms with E-state index in [0.29, 0.717) is 18.4 Å². The Kier molecular flexibility index (Phi) is 4.16. The molecular weight excluding hydrogens is 262 g/mol. The molecule has 2 N–H and O–H groups in total. The van der Waals surface area contributed by atoms with E-state index in [-0.39, 0.29) is 17.1 Å². The van der Waals surface area contributed by atoms with Crippen LogP contribution in [0.15, 0.2) is 12.3 Å². The molecule has 1 heterocycles. The molecule has 0 aromatic carbocycles. The molecule has 2 unspecified atom stereocenters. The SMILES string of the molecule is CC1CCC(CNc2ncc([N+](=O)[O-])cc2C(=O)O)C1. The van der Waals surface area contributed by atoms with Gasteiger partial charge in [-0.3, -0.25) is 10.1 Å². The van der Waals surface area contributed by atoms with Crippen LogP contribution in [0, 0.1) is 22.0 Å². The maximum absolute atomic E-state index is 11.1. The Morgan fingerprint density at radius 1 is 1.60 bits per heavy atom. The van der Waals surface area contributed by atoms with Crippen LogP contribution in [0.1, 0.15) is 36.5 Å². The van der Waals surface area contributed by atoms with Gasteiger partial charge in [0.05, 0.1) is 4.92 Å². The first kappa shape index (κ1) is 14.2. The standard InChI is InChI=1S/C13H17N3O4/c1-8-2-3-9(4-8)6-14-12-11(13(17)18)5-10(7-15-12)16(19)20/h5,7-9H,2-4,6H2,1H3,(H,14,15)(H,17,18). The minimum Gasteiger partial charge on any atom is -0.478 e. The van der Waals surface area contributed by atoms with Crippen LogP contribution in [0.5, 0.6) is 0 Å². The van der Waals surface area contributed by atoms with Gasteiger partial charge in [-0.15, -0.1) is 0 Å². The van der Waals surface area contributed by atoms with Gasteiger partial charge < -0.3 is 10.4 Å². The molecule has 0 amide bonds. The summed E-state index contributed by atoms with van der Waals surface area (Å²) in [6, 6.07) is 1.04. The monoisotopic (exact) mass is 279 g/mol. The fraction of sp³-hybridized carbons (Fsp3) is 0.538. The Balaban J connectivity index is 2.10. The maximum Gasteiger partial charge on any atom is 0.339 e. The molecule has 2 atom stereocenters. The largest absolute Gasteiger partial charge is 0.478 e. The van der Waals surface area contributed by atoms with Crippen molar-refractivity contribution in [1.82, 2.24) is 4.98 Å². The Labute approximate surface area is 116 Å². The second kappa shape index (κ2) is 5.85. The Bertz CT molecular complexity index is 532. The van der Waals surface area contributed by atoms with Crippen molar-refractivity contribution in [3.63, 3.8) is 0 Å². The van der Waals surface area contributed by atoms with Crippen molar-refractivity contribution in [2.24, 2.45) is 11.8 Å². The molecule has 1 aliphatic rings. The summed E-state index contributed by atoms with van der Waals surface area (Å²) in [6.07, 6.45) is 4.49. The average molecular weight is 279 g/mol. The highest BCUT2D eigenvalue weighted by molar-refractivity contribution is 5.93. The summed E-state index contributed by atoms with van der Waals surface area (Å²) >= 11 is 0. The first-order chi connectivity index (χ1) is 9.47. The van der Waals surface area contributed by atoms with Crippen LogP contribution in [0.3, 0.4) is 0 Å². The second-order valence-electron chi connectivity index (χ2n) is 5.32. The summed E-state index contributed by atoms with van der Waals surface area (Å²) in [6.45, 7) is 2.85. The number of pyridine rings is 1. The molecule has 0 aliphatic heterocycles. The lowest BCUT2D eigenvalue weighted by Crippen LogP contribution is -2.15. The third kappa shape index (κ3) is 3.23. The second-order valence-corrected chi connectivity index (χ2v) is 5.32. The van der Waals surface area contributed by atoms with Gasteiger partial charge in [-0.25, -0.2) is 9.78 Å². The first-order valence-electron chi connectivity index (χ1n) is 6.59. The number of aromatic nitrogens is 1. The molecule has 1 aromatic rings. The van der Waals surface area contributed by atoms with Gasteiger partial charge in [-0.05, 0) is 24.7 Å². The number of rotatable bonds is 5. The molecule has 0 saturated heterocycles. The van der Waals surface area contributed by atoms with Gasteiger partial charge in [0, 0.05) is 12.6 Å². The van der Waals surface area contributed by atoms with Crippen molar-refractivity contribution in [3.05, 3.63) is 27.9 Å². The molecule has 7 heteroatoms. The molecule has 1 saturated carbocycles. The van der Waals surface area contributed by atoms with Crippen LogP contribution in [0.25, 0.3) is 0 Å². The number of nitro groups is 1. The van der Waals surface area contributed by atoms with Crippen molar-refractivity contribution in [2.45, 2.75) is 26.2 Å². The molecule has 0 bridgehead atoms. The number of hydrogen-bond donors (Lipinski definition) is 2. The number of carboxylic acid groups (broad SMARTS) is 1. The van der Waals surface area contributed by atoms with Gasteiger partial charge in [0.25, 0.3) is 5.69 Å².